The number of carbonyl (C=O) groups is 1. The van der Waals surface area contributed by atoms with Gasteiger partial charge in [-0.3, -0.25) is 9.59 Å². The molecule has 1 amide bonds. The van der Waals surface area contributed by atoms with Crippen LogP contribution in [0, 0.1) is 5.82 Å². The first kappa shape index (κ1) is 19.2. The normalized spacial score (nSPS) is 16.7. The monoisotopic (exact) mass is 394 g/mol. The number of halogens is 1. The number of hydrogen-bond donors (Lipinski definition) is 1. The fourth-order valence-corrected chi connectivity index (χ4v) is 3.76. The molecule has 0 radical (unpaired) electrons. The molecule has 1 aromatic heterocycles. The van der Waals surface area contributed by atoms with Gasteiger partial charge in [0.25, 0.3) is 5.56 Å². The Bertz CT molecular complexity index is 1060. The van der Waals surface area contributed by atoms with Crippen molar-refractivity contribution in [3.8, 4) is 5.75 Å². The number of piperidine rings is 1. The molecule has 150 valence electrons. The van der Waals surface area contributed by atoms with Gasteiger partial charge in [0.15, 0.2) is 0 Å². The number of ether oxygens (including phenoxy) is 1. The van der Waals surface area contributed by atoms with Crippen LogP contribution in [0.3, 0.4) is 0 Å². The highest BCUT2D eigenvalue weighted by atomic mass is 19.1. The van der Waals surface area contributed by atoms with Crippen LogP contribution in [0.25, 0.3) is 10.9 Å². The molecule has 0 aliphatic carbocycles. The van der Waals surface area contributed by atoms with Gasteiger partial charge in [-0.05, 0) is 61.0 Å². The molecule has 6 heteroatoms. The van der Waals surface area contributed by atoms with Gasteiger partial charge in [0.05, 0.1) is 12.1 Å². The zero-order chi connectivity index (χ0) is 20.2. The molecule has 1 fully saturated rings. The maximum absolute atomic E-state index is 13.3. The van der Waals surface area contributed by atoms with E-state index in [4.69, 9.17) is 4.74 Å². The minimum absolute atomic E-state index is 0.0185. The molecular formula is C23H23FN2O3. The predicted molar refractivity (Wildman–Crippen MR) is 110 cm³/mol. The van der Waals surface area contributed by atoms with Crippen molar-refractivity contribution in [2.75, 3.05) is 13.1 Å². The summed E-state index contributed by atoms with van der Waals surface area (Å²) < 4.78 is 19.3. The number of para-hydroxylation sites is 1. The lowest BCUT2D eigenvalue weighted by Gasteiger charge is -2.33. The minimum Gasteiger partial charge on any atom is -0.489 e. The summed E-state index contributed by atoms with van der Waals surface area (Å²) in [5, 5.41) is 0.753. The quantitative estimate of drug-likeness (QED) is 0.718. The smallest absolute Gasteiger partial charge is 0.251 e. The highest BCUT2D eigenvalue weighted by molar-refractivity contribution is 5.79. The lowest BCUT2D eigenvalue weighted by Crippen LogP contribution is -2.44. The second-order valence-corrected chi connectivity index (χ2v) is 7.39. The van der Waals surface area contributed by atoms with E-state index in [9.17, 15) is 14.0 Å². The van der Waals surface area contributed by atoms with Crippen molar-refractivity contribution < 1.29 is 13.9 Å². The number of likely N-dealkylation sites (tertiary alicyclic amines) is 1. The van der Waals surface area contributed by atoms with E-state index in [0.29, 0.717) is 30.6 Å². The second-order valence-electron chi connectivity index (χ2n) is 7.39. The van der Waals surface area contributed by atoms with E-state index in [2.05, 4.69) is 4.98 Å². The summed E-state index contributed by atoms with van der Waals surface area (Å²) in [7, 11) is 0. The Morgan fingerprint density at radius 3 is 2.83 bits per heavy atom. The zero-order valence-corrected chi connectivity index (χ0v) is 16.1. The fourth-order valence-electron chi connectivity index (χ4n) is 3.76. The maximum atomic E-state index is 13.3. The van der Waals surface area contributed by atoms with E-state index in [1.165, 1.54) is 12.1 Å². The fraction of sp³-hybridized carbons (Fsp3) is 0.304. The van der Waals surface area contributed by atoms with Crippen LogP contribution in [0.5, 0.6) is 5.75 Å². The van der Waals surface area contributed by atoms with Crippen molar-refractivity contribution >= 4 is 16.8 Å². The highest BCUT2D eigenvalue weighted by Crippen LogP contribution is 2.19. The van der Waals surface area contributed by atoms with Crippen molar-refractivity contribution in [3.05, 3.63) is 76.3 Å². The van der Waals surface area contributed by atoms with Gasteiger partial charge in [-0.1, -0.05) is 18.2 Å². The highest BCUT2D eigenvalue weighted by Gasteiger charge is 2.24. The average molecular weight is 394 g/mol. The Labute approximate surface area is 168 Å². The molecule has 4 rings (SSSR count). The number of rotatable bonds is 5. The van der Waals surface area contributed by atoms with Crippen molar-refractivity contribution in [1.82, 2.24) is 9.88 Å². The first-order chi connectivity index (χ1) is 14.1. The van der Waals surface area contributed by atoms with Crippen LogP contribution in [-0.2, 0) is 11.2 Å². The number of pyridine rings is 1. The number of hydrogen-bond acceptors (Lipinski definition) is 3. The molecule has 1 atom stereocenters. The van der Waals surface area contributed by atoms with E-state index in [-0.39, 0.29) is 24.0 Å². The largest absolute Gasteiger partial charge is 0.489 e. The summed E-state index contributed by atoms with van der Waals surface area (Å²) in [6.07, 6.45) is 2.40. The predicted octanol–water partition coefficient (Wildman–Crippen LogP) is 3.67. The molecule has 1 unspecified atom stereocenters. The summed E-state index contributed by atoms with van der Waals surface area (Å²) in [5.74, 6) is 0.435. The topological polar surface area (TPSA) is 62.4 Å². The molecule has 1 N–H and O–H groups in total. The molecule has 1 aliphatic heterocycles. The van der Waals surface area contributed by atoms with E-state index in [1.807, 2.05) is 35.2 Å². The second kappa shape index (κ2) is 8.47. The van der Waals surface area contributed by atoms with E-state index in [1.54, 1.807) is 12.1 Å². The van der Waals surface area contributed by atoms with Crippen LogP contribution in [0.4, 0.5) is 4.39 Å². The van der Waals surface area contributed by atoms with E-state index < -0.39 is 5.82 Å². The zero-order valence-electron chi connectivity index (χ0n) is 16.1. The van der Waals surface area contributed by atoms with Gasteiger partial charge in [-0.25, -0.2) is 4.39 Å². The molecule has 1 aliphatic rings. The molecule has 1 saturated heterocycles. The summed E-state index contributed by atoms with van der Waals surface area (Å²) in [5.41, 5.74) is 0.716. The van der Waals surface area contributed by atoms with Gasteiger partial charge in [0, 0.05) is 18.5 Å². The van der Waals surface area contributed by atoms with E-state index >= 15 is 0 Å². The Morgan fingerprint density at radius 1 is 1.17 bits per heavy atom. The number of aryl methyl sites for hydroxylation is 1. The number of carbonyl (C=O) groups excluding carboxylic acids is 1. The third-order valence-electron chi connectivity index (χ3n) is 5.27. The lowest BCUT2D eigenvalue weighted by molar-refractivity contribution is -0.133. The molecule has 2 aromatic carbocycles. The number of nitrogens with one attached hydrogen (secondary N) is 1. The molecular weight excluding hydrogens is 371 g/mol. The maximum Gasteiger partial charge on any atom is 0.251 e. The third kappa shape index (κ3) is 4.65. The Morgan fingerprint density at radius 2 is 2.00 bits per heavy atom. The number of benzene rings is 2. The Balaban J connectivity index is 1.38. The molecule has 2 heterocycles. The Kier molecular flexibility index (Phi) is 5.60. The molecule has 0 bridgehead atoms. The third-order valence-corrected chi connectivity index (χ3v) is 5.27. The van der Waals surface area contributed by atoms with Crippen molar-refractivity contribution in [2.45, 2.75) is 31.8 Å². The molecule has 3 aromatic rings. The van der Waals surface area contributed by atoms with Gasteiger partial charge in [0.1, 0.15) is 17.7 Å². The summed E-state index contributed by atoms with van der Waals surface area (Å²) in [6, 6.07) is 15.6. The van der Waals surface area contributed by atoms with Crippen LogP contribution in [0.15, 0.2) is 59.4 Å². The minimum atomic E-state index is -0.395. The molecule has 0 saturated carbocycles. The van der Waals surface area contributed by atoms with Crippen molar-refractivity contribution in [3.63, 3.8) is 0 Å². The number of amides is 1. The number of H-pyrrole nitrogens is 1. The number of aromatic amines is 1. The van der Waals surface area contributed by atoms with Gasteiger partial charge in [0.2, 0.25) is 5.91 Å². The van der Waals surface area contributed by atoms with Crippen LogP contribution in [0.2, 0.25) is 0 Å². The Hall–Kier alpha value is -3.15. The summed E-state index contributed by atoms with van der Waals surface area (Å²) >= 11 is 0. The summed E-state index contributed by atoms with van der Waals surface area (Å²) in [6.45, 7) is 1.27. The van der Waals surface area contributed by atoms with Gasteiger partial charge in [-0.2, -0.15) is 0 Å². The number of nitrogens with zero attached hydrogens (tertiary/aromatic N) is 1. The SMILES string of the molecule is O=C(CCc1cc2ccc(F)cc2[nH]c1=O)N1CCCC(Oc2ccccc2)C1. The van der Waals surface area contributed by atoms with E-state index in [0.717, 1.165) is 24.0 Å². The van der Waals surface area contributed by atoms with Gasteiger partial charge in [-0.15, -0.1) is 0 Å². The van der Waals surface area contributed by atoms with Gasteiger partial charge < -0.3 is 14.6 Å². The van der Waals surface area contributed by atoms with Crippen LogP contribution in [0.1, 0.15) is 24.8 Å². The molecule has 29 heavy (non-hydrogen) atoms. The van der Waals surface area contributed by atoms with Crippen LogP contribution in [-0.4, -0.2) is 35.0 Å². The van der Waals surface area contributed by atoms with Crippen LogP contribution >= 0.6 is 0 Å². The van der Waals surface area contributed by atoms with Gasteiger partial charge >= 0.3 is 0 Å². The van der Waals surface area contributed by atoms with Crippen molar-refractivity contribution in [2.24, 2.45) is 0 Å². The molecule has 5 nitrogen and oxygen atoms in total. The lowest BCUT2D eigenvalue weighted by atomic mass is 10.1. The number of aromatic nitrogens is 1. The molecule has 0 spiro atoms. The van der Waals surface area contributed by atoms with Crippen molar-refractivity contribution in [1.29, 1.82) is 0 Å². The standard InChI is InChI=1S/C23H23FN2O3/c24-18-10-8-16-13-17(23(28)25-21(16)14-18)9-11-22(27)26-12-4-7-20(15-26)29-19-5-2-1-3-6-19/h1-3,5-6,8,10,13-14,20H,4,7,9,11-12,15H2,(H,25,28). The summed E-state index contributed by atoms with van der Waals surface area (Å²) in [4.78, 5) is 29.5. The first-order valence-corrected chi connectivity index (χ1v) is 9.89. The number of fused-ring (bicyclic) bond motifs is 1. The average Bonchev–Trinajstić information content (AvgIpc) is 2.73. The first-order valence-electron chi connectivity index (χ1n) is 9.89. The van der Waals surface area contributed by atoms with Crippen LogP contribution < -0.4 is 10.3 Å².